The van der Waals surface area contributed by atoms with Crippen LogP contribution in [0, 0.1) is 0 Å². The van der Waals surface area contributed by atoms with Gasteiger partial charge in [-0.2, -0.15) is 0 Å². The van der Waals surface area contributed by atoms with Gasteiger partial charge in [0.05, 0.1) is 0 Å². The molecule has 0 bridgehead atoms. The third kappa shape index (κ3) is 4.82. The molecule has 0 amide bonds. The summed E-state index contributed by atoms with van der Waals surface area (Å²) in [6, 6.07) is 12.2. The van der Waals surface area contributed by atoms with Crippen molar-refractivity contribution in [1.29, 1.82) is 0 Å². The van der Waals surface area contributed by atoms with Gasteiger partial charge in [-0.15, -0.1) is 0 Å². The van der Waals surface area contributed by atoms with Crippen LogP contribution in [0.4, 0.5) is 0 Å². The average Bonchev–Trinajstić information content (AvgIpc) is 3.18. The summed E-state index contributed by atoms with van der Waals surface area (Å²) in [5, 5.41) is 0. The number of hydrogen-bond donors (Lipinski definition) is 0. The molecule has 1 aliphatic carbocycles. The van der Waals surface area contributed by atoms with E-state index in [9.17, 15) is 14.4 Å². The summed E-state index contributed by atoms with van der Waals surface area (Å²) in [6.45, 7) is 1.20. The Morgan fingerprint density at radius 1 is 0.852 bits per heavy atom. The lowest BCUT2D eigenvalue weighted by Gasteiger charge is -2.08. The summed E-state index contributed by atoms with van der Waals surface area (Å²) in [6.07, 6.45) is 3.61. The third-order valence-corrected chi connectivity index (χ3v) is 4.64. The van der Waals surface area contributed by atoms with Crippen LogP contribution in [0.25, 0.3) is 0 Å². The number of rotatable bonds is 8. The van der Waals surface area contributed by atoms with Crippen LogP contribution in [0.5, 0.6) is 5.75 Å². The van der Waals surface area contributed by atoms with Crippen LogP contribution in [0.1, 0.15) is 51.6 Å². The van der Waals surface area contributed by atoms with Gasteiger partial charge in [-0.3, -0.25) is 9.59 Å². The minimum atomic E-state index is -0.613. The van der Waals surface area contributed by atoms with E-state index in [-0.39, 0.29) is 24.8 Å². The van der Waals surface area contributed by atoms with E-state index in [4.69, 9.17) is 9.47 Å². The molecule has 0 aromatic heterocycles. The molecular weight excluding hydrogens is 344 g/mol. The maximum absolute atomic E-state index is 12.2. The average molecular weight is 366 g/mol. The van der Waals surface area contributed by atoms with Gasteiger partial charge in [0, 0.05) is 17.5 Å². The highest BCUT2D eigenvalue weighted by Crippen LogP contribution is 2.23. The van der Waals surface area contributed by atoms with Crippen molar-refractivity contribution in [3.8, 4) is 5.75 Å². The van der Waals surface area contributed by atoms with Gasteiger partial charge in [-0.05, 0) is 60.7 Å². The fourth-order valence-corrected chi connectivity index (χ4v) is 3.10. The number of aryl methyl sites for hydroxylation is 2. The summed E-state index contributed by atoms with van der Waals surface area (Å²) < 4.78 is 10.3. The first kappa shape index (κ1) is 18.8. The highest BCUT2D eigenvalue weighted by Gasteiger charge is 2.15. The number of ketones is 2. The molecule has 2 aromatic carbocycles. The molecule has 0 atom stereocenters. The van der Waals surface area contributed by atoms with Crippen LogP contribution in [0.3, 0.4) is 0 Å². The molecule has 0 saturated carbocycles. The Balaban J connectivity index is 1.45. The van der Waals surface area contributed by atoms with Gasteiger partial charge in [0.15, 0.2) is 24.8 Å². The lowest BCUT2D eigenvalue weighted by atomic mass is 10.0. The van der Waals surface area contributed by atoms with Crippen molar-refractivity contribution < 1.29 is 23.9 Å². The van der Waals surface area contributed by atoms with Crippen molar-refractivity contribution in [2.45, 2.75) is 32.6 Å². The number of carbonyl (C=O) groups excluding carboxylic acids is 3. The van der Waals surface area contributed by atoms with E-state index in [0.717, 1.165) is 19.3 Å². The molecule has 5 nitrogen and oxygen atoms in total. The van der Waals surface area contributed by atoms with Crippen molar-refractivity contribution in [3.63, 3.8) is 0 Å². The Bertz CT molecular complexity index is 852. The first-order chi connectivity index (χ1) is 13.1. The molecule has 0 N–H and O–H groups in total. The maximum atomic E-state index is 12.2. The molecule has 1 aliphatic rings. The zero-order chi connectivity index (χ0) is 19.2. The number of fused-ring (bicyclic) bond motifs is 1. The second kappa shape index (κ2) is 8.62. The molecule has 0 fully saturated rings. The van der Waals surface area contributed by atoms with E-state index in [1.165, 1.54) is 11.1 Å². The summed E-state index contributed by atoms with van der Waals surface area (Å²) in [7, 11) is 0. The third-order valence-electron chi connectivity index (χ3n) is 4.64. The first-order valence-corrected chi connectivity index (χ1v) is 9.13. The van der Waals surface area contributed by atoms with E-state index in [0.29, 0.717) is 23.3 Å². The van der Waals surface area contributed by atoms with Gasteiger partial charge in [0.2, 0.25) is 0 Å². The van der Waals surface area contributed by atoms with Crippen molar-refractivity contribution in [2.75, 3.05) is 13.2 Å². The van der Waals surface area contributed by atoms with Crippen molar-refractivity contribution in [3.05, 3.63) is 64.7 Å². The number of ether oxygens (including phenoxy) is 2. The zero-order valence-corrected chi connectivity index (χ0v) is 15.3. The van der Waals surface area contributed by atoms with Crippen LogP contribution in [-0.4, -0.2) is 30.7 Å². The summed E-state index contributed by atoms with van der Waals surface area (Å²) in [5.74, 6) is -0.325. The van der Waals surface area contributed by atoms with Crippen molar-refractivity contribution in [2.24, 2.45) is 0 Å². The van der Waals surface area contributed by atoms with E-state index >= 15 is 0 Å². The number of Topliss-reactive ketones (excluding diaryl/α,β-unsaturated/α-hetero) is 2. The van der Waals surface area contributed by atoms with E-state index in [1.807, 2.05) is 12.1 Å². The number of benzene rings is 2. The van der Waals surface area contributed by atoms with Crippen molar-refractivity contribution in [1.82, 2.24) is 0 Å². The quantitative estimate of drug-likeness (QED) is 0.528. The normalized spacial score (nSPS) is 12.3. The van der Waals surface area contributed by atoms with Crippen LogP contribution in [0.15, 0.2) is 42.5 Å². The standard InChI is InChI=1S/C22H22O5/c1-2-20(23)16-8-10-19(11-9-16)26-14-22(25)27-13-21(24)18-7-6-15-4-3-5-17(15)12-18/h6-12H,2-5,13-14H2,1H3. The predicted octanol–water partition coefficient (Wildman–Crippen LogP) is 3.57. The van der Waals surface area contributed by atoms with E-state index < -0.39 is 5.97 Å². The Labute approximate surface area is 158 Å². The lowest BCUT2D eigenvalue weighted by molar-refractivity contribution is -0.144. The number of hydrogen-bond acceptors (Lipinski definition) is 5. The summed E-state index contributed by atoms with van der Waals surface area (Å²) in [5.41, 5.74) is 3.68. The molecule has 0 radical (unpaired) electrons. The Kier molecular flexibility index (Phi) is 6.01. The van der Waals surface area contributed by atoms with Gasteiger partial charge in [-0.1, -0.05) is 19.1 Å². The molecule has 140 valence electrons. The minimum Gasteiger partial charge on any atom is -0.482 e. The molecular formula is C22H22O5. The predicted molar refractivity (Wildman–Crippen MR) is 100 cm³/mol. The SMILES string of the molecule is CCC(=O)c1ccc(OCC(=O)OCC(=O)c2ccc3c(c2)CCC3)cc1. The number of esters is 1. The Morgan fingerprint density at radius 2 is 1.56 bits per heavy atom. The van der Waals surface area contributed by atoms with Crippen LogP contribution in [-0.2, 0) is 22.4 Å². The van der Waals surface area contributed by atoms with Gasteiger partial charge >= 0.3 is 5.97 Å². The molecule has 2 aromatic rings. The molecule has 5 heteroatoms. The van der Waals surface area contributed by atoms with Gasteiger partial charge in [-0.25, -0.2) is 4.79 Å². The molecule has 0 aliphatic heterocycles. The summed E-state index contributed by atoms with van der Waals surface area (Å²) >= 11 is 0. The zero-order valence-electron chi connectivity index (χ0n) is 15.3. The van der Waals surface area contributed by atoms with Gasteiger partial charge in [0.1, 0.15) is 5.75 Å². The molecule has 27 heavy (non-hydrogen) atoms. The topological polar surface area (TPSA) is 69.7 Å². The number of carbonyl (C=O) groups is 3. The molecule has 3 rings (SSSR count). The van der Waals surface area contributed by atoms with E-state index in [2.05, 4.69) is 0 Å². The molecule has 0 saturated heterocycles. The second-order valence-electron chi connectivity index (χ2n) is 6.51. The fourth-order valence-electron chi connectivity index (χ4n) is 3.10. The van der Waals surface area contributed by atoms with Crippen molar-refractivity contribution >= 4 is 17.5 Å². The monoisotopic (exact) mass is 366 g/mol. The van der Waals surface area contributed by atoms with Crippen LogP contribution >= 0.6 is 0 Å². The Morgan fingerprint density at radius 3 is 2.30 bits per heavy atom. The maximum Gasteiger partial charge on any atom is 0.344 e. The highest BCUT2D eigenvalue weighted by molar-refractivity contribution is 5.98. The van der Waals surface area contributed by atoms with Crippen LogP contribution in [0.2, 0.25) is 0 Å². The molecule has 0 unspecified atom stereocenters. The van der Waals surface area contributed by atoms with Crippen LogP contribution < -0.4 is 4.74 Å². The second-order valence-corrected chi connectivity index (χ2v) is 6.51. The van der Waals surface area contributed by atoms with Gasteiger partial charge < -0.3 is 9.47 Å². The molecule has 0 spiro atoms. The highest BCUT2D eigenvalue weighted by atomic mass is 16.6. The summed E-state index contributed by atoms with van der Waals surface area (Å²) in [4.78, 5) is 35.6. The smallest absolute Gasteiger partial charge is 0.344 e. The Hall–Kier alpha value is -2.95. The molecule has 0 heterocycles. The fraction of sp³-hybridized carbons (Fsp3) is 0.318. The van der Waals surface area contributed by atoms with Gasteiger partial charge in [0.25, 0.3) is 0 Å². The lowest BCUT2D eigenvalue weighted by Crippen LogP contribution is -2.19. The minimum absolute atomic E-state index is 0.0472. The van der Waals surface area contributed by atoms with E-state index in [1.54, 1.807) is 37.3 Å². The largest absolute Gasteiger partial charge is 0.482 e. The first-order valence-electron chi connectivity index (χ1n) is 9.13.